The van der Waals surface area contributed by atoms with E-state index in [2.05, 4.69) is 0 Å². The number of rotatable bonds is 7. The van der Waals surface area contributed by atoms with Gasteiger partial charge in [0.2, 0.25) is 0 Å². The van der Waals surface area contributed by atoms with Gasteiger partial charge in [0, 0.05) is 35.6 Å². The van der Waals surface area contributed by atoms with Crippen molar-refractivity contribution >= 4 is 34.8 Å². The van der Waals surface area contributed by atoms with E-state index in [9.17, 15) is 28.5 Å². The summed E-state index contributed by atoms with van der Waals surface area (Å²) in [6.45, 7) is 9.56. The average molecular weight is 471 g/mol. The third-order valence-corrected chi connectivity index (χ3v) is 4.20. The molecule has 1 rings (SSSR count). The van der Waals surface area contributed by atoms with Crippen LogP contribution in [0, 0.1) is 10.1 Å². The summed E-state index contributed by atoms with van der Waals surface area (Å²) in [6, 6.07) is 4.97. The third-order valence-electron chi connectivity index (χ3n) is 3.48. The van der Waals surface area contributed by atoms with E-state index in [1.54, 1.807) is 41.5 Å². The summed E-state index contributed by atoms with van der Waals surface area (Å²) < 4.78 is 34.6. The Morgan fingerprint density at radius 1 is 0.969 bits per heavy atom. The smallest absolute Gasteiger partial charge is 0.420 e. The van der Waals surface area contributed by atoms with E-state index in [0.29, 0.717) is 0 Å². The summed E-state index contributed by atoms with van der Waals surface area (Å²) in [7, 11) is 0. The van der Waals surface area contributed by atoms with Gasteiger partial charge in [-0.1, -0.05) is 12.2 Å². The van der Waals surface area contributed by atoms with Crippen LogP contribution in [0.3, 0.4) is 0 Å². The van der Waals surface area contributed by atoms with Gasteiger partial charge in [0.25, 0.3) is 5.69 Å². The number of hydrogen-bond donors (Lipinski definition) is 0. The highest BCUT2D eigenvalue weighted by molar-refractivity contribution is 7.80. The first-order chi connectivity index (χ1) is 14.6. The second-order valence-electron chi connectivity index (χ2n) is 8.59. The number of amides is 2. The quantitative estimate of drug-likeness (QED) is 0.252. The van der Waals surface area contributed by atoms with Crippen molar-refractivity contribution in [2.75, 3.05) is 17.4 Å². The van der Waals surface area contributed by atoms with Gasteiger partial charge in [-0.25, -0.2) is 14.5 Å². The average Bonchev–Trinajstić information content (AvgIpc) is 2.61. The van der Waals surface area contributed by atoms with Crippen LogP contribution in [-0.4, -0.2) is 55.1 Å². The number of ether oxygens (including phenoxy) is 2. The van der Waals surface area contributed by atoms with Crippen molar-refractivity contribution in [3.63, 3.8) is 0 Å². The summed E-state index contributed by atoms with van der Waals surface area (Å²) in [6.07, 6.45) is 1.03. The van der Waals surface area contributed by atoms with Crippen LogP contribution in [-0.2, 0) is 20.7 Å². The van der Waals surface area contributed by atoms with Crippen LogP contribution in [0.25, 0.3) is 0 Å². The standard InChI is InChI=1S/C20H29N3O8S/c1-19(2,3)30-17(24)21(18(25)31-20(4,5)6)13-7-8-14-22(32(28)29)15-9-11-16(12-10-15)23(26)27/h7-12H,13-14H2,1-6H3,(H,28,29)/p-1/b8-7+. The van der Waals surface area contributed by atoms with Crippen molar-refractivity contribution in [1.82, 2.24) is 4.90 Å². The minimum atomic E-state index is -2.66. The Hall–Kier alpha value is -2.99. The molecule has 2 amide bonds. The summed E-state index contributed by atoms with van der Waals surface area (Å²) >= 11 is -2.66. The first kappa shape index (κ1) is 27.0. The van der Waals surface area contributed by atoms with Gasteiger partial charge in [-0.15, -0.1) is 0 Å². The lowest BCUT2D eigenvalue weighted by atomic mass is 10.2. The Bertz CT molecular complexity index is 844. The molecule has 0 bridgehead atoms. The van der Waals surface area contributed by atoms with Gasteiger partial charge in [0.1, 0.15) is 11.2 Å². The zero-order valence-corrected chi connectivity index (χ0v) is 19.7. The lowest BCUT2D eigenvalue weighted by Crippen LogP contribution is -2.43. The summed E-state index contributed by atoms with van der Waals surface area (Å²) in [4.78, 5) is 35.8. The molecule has 0 aliphatic heterocycles. The Labute approximate surface area is 189 Å². The SMILES string of the molecule is CC(C)(C)OC(=O)N(C/C=C/CN(c1ccc([N+](=O)[O-])cc1)S(=O)[O-])C(=O)OC(C)(C)C. The molecule has 0 spiro atoms. The zero-order valence-electron chi connectivity index (χ0n) is 18.9. The minimum absolute atomic E-state index is 0.135. The maximum Gasteiger partial charge on any atom is 0.420 e. The number of anilines is 1. The van der Waals surface area contributed by atoms with Crippen molar-refractivity contribution in [2.45, 2.75) is 52.7 Å². The molecule has 1 aromatic rings. The van der Waals surface area contributed by atoms with Crippen LogP contribution in [0.1, 0.15) is 41.5 Å². The molecule has 0 radical (unpaired) electrons. The molecule has 0 aliphatic rings. The van der Waals surface area contributed by atoms with Crippen LogP contribution in [0.15, 0.2) is 36.4 Å². The molecule has 0 saturated heterocycles. The van der Waals surface area contributed by atoms with E-state index >= 15 is 0 Å². The van der Waals surface area contributed by atoms with Gasteiger partial charge in [0.05, 0.1) is 11.5 Å². The number of nitro groups is 1. The van der Waals surface area contributed by atoms with Gasteiger partial charge in [-0.2, -0.15) is 0 Å². The van der Waals surface area contributed by atoms with E-state index in [1.807, 2.05) is 0 Å². The maximum absolute atomic E-state index is 12.4. The number of nitro benzene ring substituents is 1. The van der Waals surface area contributed by atoms with Gasteiger partial charge in [-0.05, 0) is 53.7 Å². The largest absolute Gasteiger partial charge is 0.755 e. The molecule has 0 fully saturated rings. The molecule has 1 unspecified atom stereocenters. The fourth-order valence-electron chi connectivity index (χ4n) is 2.20. The molecule has 32 heavy (non-hydrogen) atoms. The van der Waals surface area contributed by atoms with Crippen LogP contribution >= 0.6 is 0 Å². The van der Waals surface area contributed by atoms with Crippen molar-refractivity contribution in [3.05, 3.63) is 46.5 Å². The second kappa shape index (κ2) is 11.0. The van der Waals surface area contributed by atoms with Gasteiger partial charge >= 0.3 is 12.2 Å². The van der Waals surface area contributed by atoms with Crippen molar-refractivity contribution in [2.24, 2.45) is 0 Å². The topological polar surface area (TPSA) is 142 Å². The number of carbonyl (C=O) groups excluding carboxylic acids is 2. The van der Waals surface area contributed by atoms with Gasteiger partial charge in [0.15, 0.2) is 0 Å². The first-order valence-corrected chi connectivity index (χ1v) is 10.6. The number of benzene rings is 1. The third kappa shape index (κ3) is 9.43. The summed E-state index contributed by atoms with van der Waals surface area (Å²) in [5.74, 6) is 0. The first-order valence-electron chi connectivity index (χ1n) is 9.60. The van der Waals surface area contributed by atoms with Crippen molar-refractivity contribution in [3.8, 4) is 0 Å². The van der Waals surface area contributed by atoms with Crippen LogP contribution in [0.5, 0.6) is 0 Å². The van der Waals surface area contributed by atoms with E-state index in [1.165, 1.54) is 36.4 Å². The molecule has 12 heteroatoms. The van der Waals surface area contributed by atoms with E-state index in [0.717, 1.165) is 9.21 Å². The number of hydrogen-bond acceptors (Lipinski definition) is 8. The molecule has 178 valence electrons. The fourth-order valence-corrected chi connectivity index (χ4v) is 2.70. The van der Waals surface area contributed by atoms with Crippen molar-refractivity contribution < 1.29 is 32.7 Å². The highest BCUT2D eigenvalue weighted by Crippen LogP contribution is 2.20. The lowest BCUT2D eigenvalue weighted by Gasteiger charge is -2.28. The predicted molar refractivity (Wildman–Crippen MR) is 118 cm³/mol. The van der Waals surface area contributed by atoms with E-state index in [4.69, 9.17) is 9.47 Å². The lowest BCUT2D eigenvalue weighted by molar-refractivity contribution is -0.384. The van der Waals surface area contributed by atoms with Gasteiger partial charge < -0.3 is 14.0 Å². The Morgan fingerprint density at radius 3 is 1.78 bits per heavy atom. The fraction of sp³-hybridized carbons (Fsp3) is 0.500. The summed E-state index contributed by atoms with van der Waals surface area (Å²) in [5.41, 5.74) is -1.64. The molecule has 0 saturated carbocycles. The van der Waals surface area contributed by atoms with E-state index in [-0.39, 0.29) is 24.5 Å². The molecular weight excluding hydrogens is 442 g/mol. The number of nitrogens with zero attached hydrogens (tertiary/aromatic N) is 3. The molecule has 0 aliphatic carbocycles. The van der Waals surface area contributed by atoms with Gasteiger partial charge in [-0.3, -0.25) is 18.6 Å². The minimum Gasteiger partial charge on any atom is -0.755 e. The highest BCUT2D eigenvalue weighted by atomic mass is 32.2. The normalized spacial score (nSPS) is 12.8. The predicted octanol–water partition coefficient (Wildman–Crippen LogP) is 3.92. The highest BCUT2D eigenvalue weighted by Gasteiger charge is 2.30. The Morgan fingerprint density at radius 2 is 1.41 bits per heavy atom. The summed E-state index contributed by atoms with van der Waals surface area (Å²) in [5, 5.41) is 10.8. The molecule has 0 aromatic heterocycles. The molecule has 1 aromatic carbocycles. The Balaban J connectivity index is 2.94. The number of non-ortho nitro benzene ring substituents is 1. The van der Waals surface area contributed by atoms with Crippen LogP contribution in [0.4, 0.5) is 21.0 Å². The van der Waals surface area contributed by atoms with E-state index < -0.39 is 39.6 Å². The molecular formula is C20H28N3O8S-. The Kier molecular flexibility index (Phi) is 9.34. The monoisotopic (exact) mass is 470 g/mol. The molecule has 1 atom stereocenters. The number of carbonyl (C=O) groups is 2. The molecule has 11 nitrogen and oxygen atoms in total. The van der Waals surface area contributed by atoms with Crippen molar-refractivity contribution in [1.29, 1.82) is 0 Å². The molecule has 0 N–H and O–H groups in total. The maximum atomic E-state index is 12.4. The zero-order chi connectivity index (χ0) is 24.7. The van der Waals surface area contributed by atoms with Crippen LogP contribution in [0.2, 0.25) is 0 Å². The number of imide groups is 1. The molecule has 0 heterocycles. The second-order valence-corrected chi connectivity index (χ2v) is 9.47. The van der Waals surface area contributed by atoms with Crippen LogP contribution < -0.4 is 4.31 Å².